The van der Waals surface area contributed by atoms with Crippen LogP contribution in [0.3, 0.4) is 0 Å². The first-order valence-corrected chi connectivity index (χ1v) is 9.06. The van der Waals surface area contributed by atoms with Gasteiger partial charge in [-0.2, -0.15) is 11.3 Å². The van der Waals surface area contributed by atoms with E-state index in [0.717, 1.165) is 19.5 Å². The van der Waals surface area contributed by atoms with Crippen molar-refractivity contribution in [2.75, 3.05) is 13.1 Å². The molecule has 2 rings (SSSR count). The molecule has 0 aromatic carbocycles. The third-order valence-corrected chi connectivity index (χ3v) is 5.35. The number of thiophene rings is 1. The molecule has 1 fully saturated rings. The first-order chi connectivity index (χ1) is 9.68. The maximum atomic E-state index is 6.19. The Kier molecular flexibility index (Phi) is 5.17. The van der Waals surface area contributed by atoms with Gasteiger partial charge >= 0.3 is 0 Å². The molecule has 21 heavy (non-hydrogen) atoms. The van der Waals surface area contributed by atoms with Gasteiger partial charge in [0.2, 0.25) is 0 Å². The molecule has 1 aliphatic heterocycles. The average molecular weight is 310 g/mol. The van der Waals surface area contributed by atoms with Crippen LogP contribution in [-0.4, -0.2) is 35.7 Å². The van der Waals surface area contributed by atoms with Gasteiger partial charge in [-0.15, -0.1) is 0 Å². The highest BCUT2D eigenvalue weighted by Gasteiger charge is 2.32. The summed E-state index contributed by atoms with van der Waals surface area (Å²) in [6.45, 7) is 15.9. The van der Waals surface area contributed by atoms with Crippen LogP contribution in [0.2, 0.25) is 0 Å². The number of rotatable bonds is 4. The summed E-state index contributed by atoms with van der Waals surface area (Å²) in [4.78, 5) is 2.57. The molecule has 1 aliphatic rings. The van der Waals surface area contributed by atoms with Gasteiger partial charge in [0, 0.05) is 18.6 Å². The first-order valence-electron chi connectivity index (χ1n) is 8.12. The standard InChI is InChI=1S/C18H31NOS/c1-14-11-19(17(2,3)4)12-16(20-14)7-9-18(5,6)15-8-10-21-13-15/h8,10,13-14,16H,7,9,11-12H2,1-6H3. The molecule has 2 nitrogen and oxygen atoms in total. The van der Waals surface area contributed by atoms with Crippen molar-refractivity contribution in [3.8, 4) is 0 Å². The van der Waals surface area contributed by atoms with Crippen LogP contribution in [0.4, 0.5) is 0 Å². The molecular formula is C18H31NOS. The van der Waals surface area contributed by atoms with E-state index in [9.17, 15) is 0 Å². The van der Waals surface area contributed by atoms with Crippen LogP contribution in [0.5, 0.6) is 0 Å². The molecule has 1 saturated heterocycles. The fourth-order valence-corrected chi connectivity index (χ4v) is 3.92. The SMILES string of the molecule is CC1CN(C(C)(C)C)CC(CCC(C)(C)c2ccsc2)O1. The maximum Gasteiger partial charge on any atom is 0.0706 e. The van der Waals surface area contributed by atoms with Crippen molar-refractivity contribution in [2.45, 2.75) is 77.5 Å². The van der Waals surface area contributed by atoms with E-state index >= 15 is 0 Å². The van der Waals surface area contributed by atoms with E-state index in [1.807, 2.05) is 0 Å². The molecule has 1 aromatic heterocycles. The van der Waals surface area contributed by atoms with Gasteiger partial charge in [0.05, 0.1) is 12.2 Å². The second-order valence-corrected chi connectivity index (χ2v) is 8.86. The van der Waals surface area contributed by atoms with E-state index in [1.165, 1.54) is 12.0 Å². The zero-order valence-electron chi connectivity index (χ0n) is 14.5. The molecule has 0 radical (unpaired) electrons. The lowest BCUT2D eigenvalue weighted by atomic mass is 9.81. The Morgan fingerprint density at radius 1 is 1.24 bits per heavy atom. The van der Waals surface area contributed by atoms with Crippen LogP contribution in [0.15, 0.2) is 16.8 Å². The summed E-state index contributed by atoms with van der Waals surface area (Å²) in [5.41, 5.74) is 1.94. The molecule has 0 bridgehead atoms. The molecule has 3 heteroatoms. The van der Waals surface area contributed by atoms with E-state index in [0.29, 0.717) is 12.2 Å². The summed E-state index contributed by atoms with van der Waals surface area (Å²) < 4.78 is 6.19. The minimum atomic E-state index is 0.235. The summed E-state index contributed by atoms with van der Waals surface area (Å²) >= 11 is 1.79. The van der Waals surface area contributed by atoms with Crippen molar-refractivity contribution in [3.63, 3.8) is 0 Å². The smallest absolute Gasteiger partial charge is 0.0706 e. The monoisotopic (exact) mass is 309 g/mol. The van der Waals surface area contributed by atoms with Crippen LogP contribution in [0, 0.1) is 0 Å². The normalized spacial score (nSPS) is 25.2. The zero-order chi connectivity index (χ0) is 15.7. The van der Waals surface area contributed by atoms with E-state index < -0.39 is 0 Å². The molecule has 120 valence electrons. The molecule has 0 N–H and O–H groups in total. The summed E-state index contributed by atoms with van der Waals surface area (Å²) in [6, 6.07) is 2.26. The Morgan fingerprint density at radius 3 is 2.52 bits per heavy atom. The average Bonchev–Trinajstić information content (AvgIpc) is 2.89. The third kappa shape index (κ3) is 4.54. The van der Waals surface area contributed by atoms with Crippen molar-refractivity contribution in [2.24, 2.45) is 0 Å². The Hall–Kier alpha value is -0.380. The van der Waals surface area contributed by atoms with Gasteiger partial charge in [-0.3, -0.25) is 4.90 Å². The lowest BCUT2D eigenvalue weighted by Crippen LogP contribution is -2.54. The molecule has 2 heterocycles. The number of hydrogen-bond donors (Lipinski definition) is 0. The van der Waals surface area contributed by atoms with Gasteiger partial charge in [-0.25, -0.2) is 0 Å². The molecule has 0 aliphatic carbocycles. The van der Waals surface area contributed by atoms with Crippen molar-refractivity contribution in [3.05, 3.63) is 22.4 Å². The van der Waals surface area contributed by atoms with Crippen molar-refractivity contribution >= 4 is 11.3 Å². The third-order valence-electron chi connectivity index (χ3n) is 4.67. The number of hydrogen-bond acceptors (Lipinski definition) is 3. The van der Waals surface area contributed by atoms with Gasteiger partial charge in [0.25, 0.3) is 0 Å². The van der Waals surface area contributed by atoms with Crippen LogP contribution in [0.1, 0.15) is 59.9 Å². The highest BCUT2D eigenvalue weighted by atomic mass is 32.1. The lowest BCUT2D eigenvalue weighted by Gasteiger charge is -2.44. The quantitative estimate of drug-likeness (QED) is 0.800. The maximum absolute atomic E-state index is 6.19. The summed E-state index contributed by atoms with van der Waals surface area (Å²) in [6.07, 6.45) is 3.02. The van der Waals surface area contributed by atoms with E-state index in [1.54, 1.807) is 11.3 Å². The molecule has 2 atom stereocenters. The van der Waals surface area contributed by atoms with Crippen molar-refractivity contribution < 1.29 is 4.74 Å². The van der Waals surface area contributed by atoms with Gasteiger partial charge in [-0.05, 0) is 68.3 Å². The van der Waals surface area contributed by atoms with Crippen LogP contribution in [0.25, 0.3) is 0 Å². The fourth-order valence-electron chi connectivity index (χ4n) is 3.07. The summed E-state index contributed by atoms with van der Waals surface area (Å²) in [5.74, 6) is 0. The molecule has 0 spiro atoms. The van der Waals surface area contributed by atoms with Crippen LogP contribution >= 0.6 is 11.3 Å². The molecule has 0 amide bonds. The predicted molar refractivity (Wildman–Crippen MR) is 92.2 cm³/mol. The Bertz CT molecular complexity index is 433. The number of ether oxygens (including phenoxy) is 1. The predicted octanol–water partition coefficient (Wildman–Crippen LogP) is 4.69. The number of nitrogens with zero attached hydrogens (tertiary/aromatic N) is 1. The van der Waals surface area contributed by atoms with E-state index in [-0.39, 0.29) is 11.0 Å². The van der Waals surface area contributed by atoms with Gasteiger partial charge in [-0.1, -0.05) is 13.8 Å². The Balaban J connectivity index is 1.93. The summed E-state index contributed by atoms with van der Waals surface area (Å²) in [7, 11) is 0. The summed E-state index contributed by atoms with van der Waals surface area (Å²) in [5, 5.41) is 4.46. The van der Waals surface area contributed by atoms with E-state index in [4.69, 9.17) is 4.74 Å². The molecule has 2 unspecified atom stereocenters. The largest absolute Gasteiger partial charge is 0.373 e. The van der Waals surface area contributed by atoms with Crippen molar-refractivity contribution in [1.29, 1.82) is 0 Å². The van der Waals surface area contributed by atoms with E-state index in [2.05, 4.69) is 63.3 Å². The molecule has 0 saturated carbocycles. The highest BCUT2D eigenvalue weighted by Crippen LogP contribution is 2.32. The molecule has 1 aromatic rings. The van der Waals surface area contributed by atoms with Gasteiger partial charge < -0.3 is 4.74 Å². The minimum absolute atomic E-state index is 0.235. The topological polar surface area (TPSA) is 12.5 Å². The van der Waals surface area contributed by atoms with Crippen LogP contribution < -0.4 is 0 Å². The number of morpholine rings is 1. The van der Waals surface area contributed by atoms with Gasteiger partial charge in [0.15, 0.2) is 0 Å². The van der Waals surface area contributed by atoms with Gasteiger partial charge in [0.1, 0.15) is 0 Å². The fraction of sp³-hybridized carbons (Fsp3) is 0.778. The Morgan fingerprint density at radius 2 is 1.95 bits per heavy atom. The minimum Gasteiger partial charge on any atom is -0.373 e. The molecular weight excluding hydrogens is 278 g/mol. The lowest BCUT2D eigenvalue weighted by molar-refractivity contribution is -0.104. The second-order valence-electron chi connectivity index (χ2n) is 8.08. The highest BCUT2D eigenvalue weighted by molar-refractivity contribution is 7.08. The second kappa shape index (κ2) is 6.39. The zero-order valence-corrected chi connectivity index (χ0v) is 15.3. The van der Waals surface area contributed by atoms with Crippen molar-refractivity contribution in [1.82, 2.24) is 4.90 Å². The Labute approximate surface area is 134 Å². The van der Waals surface area contributed by atoms with Crippen LogP contribution in [-0.2, 0) is 10.2 Å². The first kappa shape index (κ1) is 17.0.